The van der Waals surface area contributed by atoms with Crippen LogP contribution in [0.1, 0.15) is 67.0 Å². The molecule has 0 unspecified atom stereocenters. The van der Waals surface area contributed by atoms with Crippen molar-refractivity contribution < 1.29 is 36.6 Å². The van der Waals surface area contributed by atoms with Gasteiger partial charge < -0.3 is 15.3 Å². The number of amides is 1. The molecule has 216 valence electrons. The first-order chi connectivity index (χ1) is 18.0. The number of benzene rings is 1. The molecule has 0 spiro atoms. The molecule has 1 aromatic heterocycles. The first-order valence-corrected chi connectivity index (χ1v) is 12.8. The number of piperidine rings is 1. The highest BCUT2D eigenvalue weighted by Gasteiger charge is 2.36. The van der Waals surface area contributed by atoms with Crippen molar-refractivity contribution in [2.45, 2.75) is 75.5 Å². The van der Waals surface area contributed by atoms with Gasteiger partial charge >= 0.3 is 12.1 Å². The van der Waals surface area contributed by atoms with Crippen LogP contribution in [-0.4, -0.2) is 69.7 Å². The first-order valence-electron chi connectivity index (χ1n) is 12.8. The van der Waals surface area contributed by atoms with Gasteiger partial charge in [-0.05, 0) is 37.8 Å². The summed E-state index contributed by atoms with van der Waals surface area (Å²) in [4.78, 5) is 26.3. The zero-order valence-corrected chi connectivity index (χ0v) is 22.0. The second kappa shape index (κ2) is 13.1. The number of nitrogens with one attached hydrogen (secondary N) is 1. The number of halogens is 6. The van der Waals surface area contributed by atoms with E-state index in [-0.39, 0.29) is 61.3 Å². The van der Waals surface area contributed by atoms with Crippen molar-refractivity contribution in [3.05, 3.63) is 41.6 Å². The van der Waals surface area contributed by atoms with Crippen molar-refractivity contribution in [2.75, 3.05) is 19.6 Å². The molecule has 0 radical (unpaired) electrons. The van der Waals surface area contributed by atoms with Gasteiger partial charge in [0.2, 0.25) is 0 Å². The highest BCUT2D eigenvalue weighted by molar-refractivity contribution is 5.94. The normalized spacial score (nSPS) is 21.4. The number of carbonyl (C=O) groups excluding carboxylic acids is 1. The number of nitrogens with zero attached hydrogens (tertiary/aromatic N) is 3. The fraction of sp³-hybridized carbons (Fsp3) is 0.577. The summed E-state index contributed by atoms with van der Waals surface area (Å²) >= 11 is 0. The number of alkyl halides is 5. The van der Waals surface area contributed by atoms with Crippen molar-refractivity contribution in [3.63, 3.8) is 0 Å². The van der Waals surface area contributed by atoms with Gasteiger partial charge in [-0.25, -0.2) is 8.78 Å². The molecule has 2 fully saturated rings. The molecule has 1 amide bonds. The maximum atomic E-state index is 13.8. The summed E-state index contributed by atoms with van der Waals surface area (Å²) in [5.74, 6) is -1.86. The van der Waals surface area contributed by atoms with E-state index in [2.05, 4.69) is 10.4 Å². The van der Waals surface area contributed by atoms with Gasteiger partial charge in [0.1, 0.15) is 12.3 Å². The number of aliphatic carboxylic acids is 1. The van der Waals surface area contributed by atoms with Crippen LogP contribution in [0.15, 0.2) is 30.3 Å². The quantitative estimate of drug-likeness (QED) is 0.386. The van der Waals surface area contributed by atoms with E-state index in [1.165, 1.54) is 28.9 Å². The van der Waals surface area contributed by atoms with Gasteiger partial charge in [-0.3, -0.25) is 14.3 Å². The Hall–Kier alpha value is -2.73. The molecule has 3 atom stereocenters. The first kappa shape index (κ1) is 30.8. The van der Waals surface area contributed by atoms with E-state index in [1.807, 2.05) is 0 Å². The van der Waals surface area contributed by atoms with Crippen LogP contribution in [0.5, 0.6) is 0 Å². The van der Waals surface area contributed by atoms with Gasteiger partial charge in [-0.2, -0.15) is 18.3 Å². The lowest BCUT2D eigenvalue weighted by Gasteiger charge is -2.32. The lowest BCUT2D eigenvalue weighted by Crippen LogP contribution is -2.45. The van der Waals surface area contributed by atoms with Gasteiger partial charge in [0.05, 0.1) is 23.7 Å². The van der Waals surface area contributed by atoms with Gasteiger partial charge in [-0.15, -0.1) is 12.4 Å². The molecule has 1 aliphatic carbocycles. The average Bonchev–Trinajstić information content (AvgIpc) is 3.54. The maximum absolute atomic E-state index is 13.8. The molecule has 1 saturated carbocycles. The average molecular weight is 579 g/mol. The number of hydrogen-bond donors (Lipinski definition) is 2. The Morgan fingerprint density at radius 3 is 2.44 bits per heavy atom. The van der Waals surface area contributed by atoms with Crippen LogP contribution in [0, 0.1) is 0 Å². The van der Waals surface area contributed by atoms with Crippen LogP contribution in [0.2, 0.25) is 0 Å². The molecule has 2 heterocycles. The van der Waals surface area contributed by atoms with Crippen molar-refractivity contribution in [3.8, 4) is 11.3 Å². The Morgan fingerprint density at radius 1 is 1.10 bits per heavy atom. The molecule has 1 aromatic carbocycles. The van der Waals surface area contributed by atoms with Gasteiger partial charge in [0, 0.05) is 31.2 Å². The number of likely N-dealkylation sites (tertiary alicyclic amines) is 1. The summed E-state index contributed by atoms with van der Waals surface area (Å²) in [7, 11) is 0. The van der Waals surface area contributed by atoms with E-state index in [9.17, 15) is 36.6 Å². The summed E-state index contributed by atoms with van der Waals surface area (Å²) in [6, 6.07) is 5.45. The molecule has 1 saturated heterocycles. The Balaban J connectivity index is 0.00000420. The lowest BCUT2D eigenvalue weighted by molar-refractivity contribution is -0.138. The topological polar surface area (TPSA) is 87.5 Å². The van der Waals surface area contributed by atoms with E-state index in [1.54, 1.807) is 4.90 Å². The summed E-state index contributed by atoms with van der Waals surface area (Å²) in [6.07, 6.45) is -4.71. The minimum absolute atomic E-state index is 0. The summed E-state index contributed by atoms with van der Waals surface area (Å²) in [5, 5.41) is 16.3. The zero-order chi connectivity index (χ0) is 27.4. The highest BCUT2D eigenvalue weighted by Crippen LogP contribution is 2.40. The Labute approximate surface area is 229 Å². The fourth-order valence-corrected chi connectivity index (χ4v) is 5.26. The van der Waals surface area contributed by atoms with E-state index in [4.69, 9.17) is 0 Å². The van der Waals surface area contributed by atoms with Crippen LogP contribution in [0.4, 0.5) is 22.0 Å². The molecular weight excluding hydrogens is 547 g/mol. The zero-order valence-electron chi connectivity index (χ0n) is 21.2. The predicted molar refractivity (Wildman–Crippen MR) is 136 cm³/mol. The minimum Gasteiger partial charge on any atom is -0.481 e. The Bertz CT molecular complexity index is 1140. The third-order valence-electron chi connectivity index (χ3n) is 7.24. The molecule has 1 aliphatic heterocycles. The number of hydrogen-bond acceptors (Lipinski definition) is 4. The largest absolute Gasteiger partial charge is 0.481 e. The van der Waals surface area contributed by atoms with Crippen molar-refractivity contribution in [1.29, 1.82) is 0 Å². The molecule has 13 heteroatoms. The SMILES string of the molecule is Cl.O=C(O)C[C@H](CCN1CC[C@@H](F)[C@@H](F)C1)NC(=O)c1cc(-c2ccccc2C(F)(F)F)n(C2CCCC2)n1. The Kier molecular flexibility index (Phi) is 10.3. The third kappa shape index (κ3) is 7.69. The minimum atomic E-state index is -4.61. The van der Waals surface area contributed by atoms with E-state index < -0.39 is 48.4 Å². The summed E-state index contributed by atoms with van der Waals surface area (Å²) in [5.41, 5.74) is -0.857. The van der Waals surface area contributed by atoms with Crippen LogP contribution < -0.4 is 5.32 Å². The van der Waals surface area contributed by atoms with E-state index in [0.29, 0.717) is 6.54 Å². The molecule has 2 N–H and O–H groups in total. The van der Waals surface area contributed by atoms with Crippen LogP contribution in [0.25, 0.3) is 11.3 Å². The predicted octanol–water partition coefficient (Wildman–Crippen LogP) is 5.45. The molecule has 2 aliphatic rings. The fourth-order valence-electron chi connectivity index (χ4n) is 5.26. The summed E-state index contributed by atoms with van der Waals surface area (Å²) < 4.78 is 70.0. The van der Waals surface area contributed by atoms with Gasteiger partial charge in [0.15, 0.2) is 5.69 Å². The highest BCUT2D eigenvalue weighted by atomic mass is 35.5. The number of aromatic nitrogens is 2. The van der Waals surface area contributed by atoms with Crippen molar-refractivity contribution in [1.82, 2.24) is 20.0 Å². The number of carboxylic acid groups (broad SMARTS) is 1. The van der Waals surface area contributed by atoms with Crippen molar-refractivity contribution in [2.24, 2.45) is 0 Å². The molecule has 4 rings (SSSR count). The van der Waals surface area contributed by atoms with Crippen molar-refractivity contribution >= 4 is 24.3 Å². The molecular formula is C26H32ClF5N4O3. The number of carbonyl (C=O) groups is 2. The smallest absolute Gasteiger partial charge is 0.417 e. The van der Waals surface area contributed by atoms with Gasteiger partial charge in [-0.1, -0.05) is 31.0 Å². The monoisotopic (exact) mass is 578 g/mol. The van der Waals surface area contributed by atoms with Crippen LogP contribution >= 0.6 is 12.4 Å². The second-order valence-electron chi connectivity index (χ2n) is 10.0. The molecule has 39 heavy (non-hydrogen) atoms. The molecule has 2 aromatic rings. The standard InChI is InChI=1S/C26H31F5N4O3.ClH/c27-20-10-12-34(15-21(20)28)11-9-16(13-24(36)37)32-25(38)22-14-23(35(33-22)17-5-1-2-6-17)18-7-3-4-8-19(18)26(29,30)31;/h3-4,7-8,14,16-17,20-21H,1-2,5-6,9-13,15H2,(H,32,38)(H,36,37);1H/t16-,20+,21-;/m0./s1. The second-order valence-corrected chi connectivity index (χ2v) is 10.0. The van der Waals surface area contributed by atoms with E-state index in [0.717, 1.165) is 31.7 Å². The number of carboxylic acids is 1. The summed E-state index contributed by atoms with van der Waals surface area (Å²) in [6.45, 7) is 0.470. The van der Waals surface area contributed by atoms with E-state index >= 15 is 0 Å². The van der Waals surface area contributed by atoms with Crippen LogP contribution in [0.3, 0.4) is 0 Å². The van der Waals surface area contributed by atoms with Gasteiger partial charge in [0.25, 0.3) is 5.91 Å². The maximum Gasteiger partial charge on any atom is 0.417 e. The van der Waals surface area contributed by atoms with Crippen LogP contribution in [-0.2, 0) is 11.0 Å². The molecule has 7 nitrogen and oxygen atoms in total. The Morgan fingerprint density at radius 2 is 1.79 bits per heavy atom. The lowest BCUT2D eigenvalue weighted by atomic mass is 10.0. The molecule has 0 bridgehead atoms. The third-order valence-corrected chi connectivity index (χ3v) is 7.24. The number of rotatable bonds is 9.